The fraction of sp³-hybridized carbons (Fsp3) is 0.324. The lowest BCUT2D eigenvalue weighted by Crippen LogP contribution is -2.39. The van der Waals surface area contributed by atoms with Gasteiger partial charge in [-0.15, -0.1) is 6.58 Å². The number of carbonyl (C=O) groups is 2. The van der Waals surface area contributed by atoms with Crippen molar-refractivity contribution in [2.24, 2.45) is 5.92 Å². The van der Waals surface area contributed by atoms with Gasteiger partial charge in [-0.3, -0.25) is 14.3 Å². The molecular formula is C34H36F2N4O5. The van der Waals surface area contributed by atoms with Gasteiger partial charge in [-0.2, -0.15) is 13.9 Å². The molecule has 1 N–H and O–H groups in total. The third-order valence-electron chi connectivity index (χ3n) is 7.72. The van der Waals surface area contributed by atoms with Gasteiger partial charge in [0, 0.05) is 45.0 Å². The highest BCUT2D eigenvalue weighted by Crippen LogP contribution is 2.32. The number of ether oxygens (including phenoxy) is 3. The first-order valence-electron chi connectivity index (χ1n) is 14.8. The summed E-state index contributed by atoms with van der Waals surface area (Å²) in [6, 6.07) is 18.0. The first-order chi connectivity index (χ1) is 21.8. The third kappa shape index (κ3) is 8.04. The molecule has 0 radical (unpaired) electrons. The standard InChI is InChI=1S/C34H36F2N4O5/c1-3-4-23-5-9-26(10-6-23)44-27-11-7-25(8-12-27)33(42)39-18-15-24(16-19-39)21-40-22-29-30(38-40)14-13-28(31(29)45-34(35)36)32(41)37-17-20-43-2/h3,5-14,22,24,34H,1,4,15-21H2,2H3,(H,37,41). The molecule has 4 aromatic rings. The Bertz CT molecular complexity index is 1610. The van der Waals surface area contributed by atoms with Gasteiger partial charge in [0.25, 0.3) is 11.8 Å². The molecule has 45 heavy (non-hydrogen) atoms. The molecule has 11 heteroatoms. The van der Waals surface area contributed by atoms with Crippen LogP contribution in [0.15, 0.2) is 79.5 Å². The SMILES string of the molecule is C=CCc1ccc(Oc2ccc(C(=O)N3CCC(Cn4cc5c(OC(F)F)c(C(=O)NCCOC)ccc5n4)CC3)cc2)cc1. The van der Waals surface area contributed by atoms with E-state index in [9.17, 15) is 18.4 Å². The monoisotopic (exact) mass is 618 g/mol. The maximum Gasteiger partial charge on any atom is 0.387 e. The quantitative estimate of drug-likeness (QED) is 0.144. The highest BCUT2D eigenvalue weighted by molar-refractivity contribution is 6.03. The van der Waals surface area contributed by atoms with E-state index in [1.54, 1.807) is 41.2 Å². The Hall–Kier alpha value is -4.77. The molecule has 0 atom stereocenters. The Morgan fingerprint density at radius 2 is 1.73 bits per heavy atom. The molecule has 2 amide bonds. The number of rotatable bonds is 13. The number of aromatic nitrogens is 2. The van der Waals surface area contributed by atoms with Gasteiger partial charge in [-0.25, -0.2) is 0 Å². The van der Waals surface area contributed by atoms with Crippen LogP contribution in [0.25, 0.3) is 10.9 Å². The van der Waals surface area contributed by atoms with Crippen LogP contribution in [0.4, 0.5) is 8.78 Å². The van der Waals surface area contributed by atoms with Crippen LogP contribution in [0.5, 0.6) is 17.2 Å². The minimum absolute atomic E-state index is 0.00257. The van der Waals surface area contributed by atoms with Crippen molar-refractivity contribution in [2.75, 3.05) is 33.4 Å². The first-order valence-corrected chi connectivity index (χ1v) is 14.8. The molecule has 1 aliphatic heterocycles. The molecule has 9 nitrogen and oxygen atoms in total. The number of piperidine rings is 1. The Kier molecular flexibility index (Phi) is 10.4. The Balaban J connectivity index is 1.18. The van der Waals surface area contributed by atoms with Crippen molar-refractivity contribution >= 4 is 22.7 Å². The summed E-state index contributed by atoms with van der Waals surface area (Å²) in [5, 5.41) is 7.52. The van der Waals surface area contributed by atoms with Crippen molar-refractivity contribution < 1.29 is 32.6 Å². The fourth-order valence-corrected chi connectivity index (χ4v) is 5.40. The molecule has 1 aliphatic rings. The lowest BCUT2D eigenvalue weighted by atomic mass is 9.96. The van der Waals surface area contributed by atoms with Gasteiger partial charge in [0.1, 0.15) is 17.2 Å². The molecule has 3 aromatic carbocycles. The molecule has 1 aromatic heterocycles. The zero-order valence-electron chi connectivity index (χ0n) is 25.1. The van der Waals surface area contributed by atoms with E-state index in [4.69, 9.17) is 14.2 Å². The lowest BCUT2D eigenvalue weighted by Gasteiger charge is -2.32. The smallest absolute Gasteiger partial charge is 0.387 e. The van der Waals surface area contributed by atoms with Crippen LogP contribution in [0, 0.1) is 5.92 Å². The largest absolute Gasteiger partial charge is 0.457 e. The van der Waals surface area contributed by atoms with E-state index in [0.717, 1.165) is 30.6 Å². The van der Waals surface area contributed by atoms with Crippen molar-refractivity contribution in [3.05, 3.63) is 96.2 Å². The minimum atomic E-state index is -3.10. The van der Waals surface area contributed by atoms with Crippen LogP contribution in [0.3, 0.4) is 0 Å². The number of likely N-dealkylation sites (tertiary alicyclic amines) is 1. The van der Waals surface area contributed by atoms with Crippen molar-refractivity contribution in [1.29, 1.82) is 0 Å². The Labute approximate surface area is 260 Å². The number of halogens is 2. The molecule has 0 unspecified atom stereocenters. The zero-order chi connectivity index (χ0) is 31.8. The molecule has 0 spiro atoms. The number of allylic oxidation sites excluding steroid dienone is 1. The average Bonchev–Trinajstić information content (AvgIpc) is 3.45. The number of benzene rings is 3. The summed E-state index contributed by atoms with van der Waals surface area (Å²) in [4.78, 5) is 27.7. The van der Waals surface area contributed by atoms with Gasteiger partial charge in [0.05, 0.1) is 23.1 Å². The number of fused-ring (bicyclic) bond motifs is 1. The highest BCUT2D eigenvalue weighted by atomic mass is 19.3. The number of amides is 2. The highest BCUT2D eigenvalue weighted by Gasteiger charge is 2.25. The molecule has 1 saturated heterocycles. The maximum atomic E-state index is 13.3. The number of nitrogens with zero attached hydrogens (tertiary/aromatic N) is 3. The van der Waals surface area contributed by atoms with Crippen LogP contribution in [-0.2, 0) is 17.7 Å². The second kappa shape index (κ2) is 14.8. The number of alkyl halides is 2. The van der Waals surface area contributed by atoms with E-state index in [1.165, 1.54) is 13.2 Å². The van der Waals surface area contributed by atoms with Gasteiger partial charge in [-0.1, -0.05) is 18.2 Å². The molecule has 5 rings (SSSR count). The average molecular weight is 619 g/mol. The van der Waals surface area contributed by atoms with Gasteiger partial charge >= 0.3 is 6.61 Å². The number of carbonyl (C=O) groups excluding carboxylic acids is 2. The van der Waals surface area contributed by atoms with Crippen LogP contribution >= 0.6 is 0 Å². The van der Waals surface area contributed by atoms with Crippen molar-refractivity contribution in [3.8, 4) is 17.2 Å². The molecule has 2 heterocycles. The fourth-order valence-electron chi connectivity index (χ4n) is 5.40. The molecule has 1 fully saturated rings. The van der Waals surface area contributed by atoms with E-state index in [2.05, 4.69) is 17.0 Å². The normalized spacial score (nSPS) is 13.6. The number of nitrogens with one attached hydrogen (secondary N) is 1. The second-order valence-corrected chi connectivity index (χ2v) is 10.9. The summed E-state index contributed by atoms with van der Waals surface area (Å²) in [5.74, 6) is 0.814. The minimum Gasteiger partial charge on any atom is -0.457 e. The van der Waals surface area contributed by atoms with Crippen molar-refractivity contribution in [1.82, 2.24) is 20.0 Å². The zero-order valence-corrected chi connectivity index (χ0v) is 25.1. The molecule has 236 valence electrons. The number of hydrogen-bond donors (Lipinski definition) is 1. The molecular weight excluding hydrogens is 582 g/mol. The van der Waals surface area contributed by atoms with Crippen molar-refractivity contribution in [2.45, 2.75) is 32.4 Å². The summed E-state index contributed by atoms with van der Waals surface area (Å²) >= 11 is 0. The summed E-state index contributed by atoms with van der Waals surface area (Å²) in [5.41, 5.74) is 2.20. The van der Waals surface area contributed by atoms with Crippen LogP contribution in [0.1, 0.15) is 39.1 Å². The molecule has 0 saturated carbocycles. The van der Waals surface area contributed by atoms with E-state index in [0.29, 0.717) is 41.9 Å². The molecule has 0 bridgehead atoms. The van der Waals surface area contributed by atoms with E-state index < -0.39 is 12.5 Å². The van der Waals surface area contributed by atoms with E-state index >= 15 is 0 Å². The van der Waals surface area contributed by atoms with Crippen LogP contribution < -0.4 is 14.8 Å². The number of hydrogen-bond acceptors (Lipinski definition) is 6. The Morgan fingerprint density at radius 3 is 2.38 bits per heavy atom. The predicted molar refractivity (Wildman–Crippen MR) is 166 cm³/mol. The van der Waals surface area contributed by atoms with Gasteiger partial charge in [-0.05, 0) is 79.3 Å². The maximum absolute atomic E-state index is 13.3. The van der Waals surface area contributed by atoms with Crippen molar-refractivity contribution in [3.63, 3.8) is 0 Å². The third-order valence-corrected chi connectivity index (χ3v) is 7.72. The van der Waals surface area contributed by atoms with Crippen LogP contribution in [-0.4, -0.2) is 66.5 Å². The number of methoxy groups -OCH3 is 1. The van der Waals surface area contributed by atoms with E-state index in [-0.39, 0.29) is 36.3 Å². The first kappa shape index (κ1) is 31.6. The predicted octanol–water partition coefficient (Wildman–Crippen LogP) is 6.09. The lowest BCUT2D eigenvalue weighted by molar-refractivity contribution is -0.0491. The summed E-state index contributed by atoms with van der Waals surface area (Å²) in [7, 11) is 1.50. The summed E-state index contributed by atoms with van der Waals surface area (Å²) in [6.45, 7) is 2.89. The van der Waals surface area contributed by atoms with Gasteiger partial charge in [0.15, 0.2) is 0 Å². The van der Waals surface area contributed by atoms with Gasteiger partial charge in [0.2, 0.25) is 0 Å². The van der Waals surface area contributed by atoms with Gasteiger partial charge < -0.3 is 24.4 Å². The molecule has 0 aliphatic carbocycles. The second-order valence-electron chi connectivity index (χ2n) is 10.9. The van der Waals surface area contributed by atoms with E-state index in [1.807, 2.05) is 35.2 Å². The summed E-state index contributed by atoms with van der Waals surface area (Å²) < 4.78 is 43.9. The van der Waals surface area contributed by atoms with Crippen LogP contribution in [0.2, 0.25) is 0 Å². The Morgan fingerprint density at radius 1 is 1.04 bits per heavy atom. The topological polar surface area (TPSA) is 94.9 Å². The summed E-state index contributed by atoms with van der Waals surface area (Å²) in [6.07, 6.45) is 5.81.